The average Bonchev–Trinajstić information content (AvgIpc) is 2.00. The lowest BCUT2D eigenvalue weighted by molar-refractivity contribution is 0.622. The fourth-order valence-electron chi connectivity index (χ4n) is 0.826. The van der Waals surface area contributed by atoms with Gasteiger partial charge < -0.3 is 5.41 Å². The summed E-state index contributed by atoms with van der Waals surface area (Å²) in [7, 11) is 0. The van der Waals surface area contributed by atoms with Gasteiger partial charge in [-0.1, -0.05) is 25.2 Å². The summed E-state index contributed by atoms with van der Waals surface area (Å²) in [4.78, 5) is 0. The highest BCUT2D eigenvalue weighted by Gasteiger charge is 2.10. The Morgan fingerprint density at radius 3 is 2.40 bits per heavy atom. The smallest absolute Gasteiger partial charge is 0.0183 e. The van der Waals surface area contributed by atoms with Crippen molar-refractivity contribution in [1.29, 1.82) is 5.41 Å². The molecule has 0 spiro atoms. The van der Waals surface area contributed by atoms with Gasteiger partial charge in [0.25, 0.3) is 0 Å². The van der Waals surface area contributed by atoms with Crippen LogP contribution in [0.15, 0.2) is 12.7 Å². The molecule has 0 fully saturated rings. The van der Waals surface area contributed by atoms with Gasteiger partial charge in [-0.25, -0.2) is 0 Å². The second kappa shape index (κ2) is 5.30. The minimum atomic E-state index is 0.127. The lowest BCUT2D eigenvalue weighted by Crippen LogP contribution is -2.12. The van der Waals surface area contributed by atoms with Crippen LogP contribution in [0.5, 0.6) is 0 Å². The Kier molecular flexibility index (Phi) is 5.03. The molecule has 0 bridgehead atoms. The highest BCUT2D eigenvalue weighted by molar-refractivity contribution is 7.79. The predicted molar refractivity (Wildman–Crippen MR) is 49.9 cm³/mol. The topological polar surface area (TPSA) is 23.9 Å². The van der Waals surface area contributed by atoms with Crippen LogP contribution in [0, 0.1) is 17.2 Å². The quantitative estimate of drug-likeness (QED) is 0.368. The van der Waals surface area contributed by atoms with Gasteiger partial charge in [-0.2, -0.15) is 0 Å². The Morgan fingerprint density at radius 1 is 1.70 bits per heavy atom. The molecule has 1 nitrogen and oxygen atoms in total. The zero-order chi connectivity index (χ0) is 7.98. The van der Waals surface area contributed by atoms with E-state index in [1.165, 1.54) is 6.21 Å². The predicted octanol–water partition coefficient (Wildman–Crippen LogP) is 2.46. The van der Waals surface area contributed by atoms with E-state index >= 15 is 0 Å². The molecule has 0 saturated carbocycles. The molecule has 0 heterocycles. The minimum absolute atomic E-state index is 0.127. The van der Waals surface area contributed by atoms with Crippen molar-refractivity contribution in [3.8, 4) is 0 Å². The molecule has 1 N–H and O–H groups in total. The second-order valence-electron chi connectivity index (χ2n) is 2.19. The van der Waals surface area contributed by atoms with Crippen LogP contribution < -0.4 is 0 Å². The van der Waals surface area contributed by atoms with Crippen LogP contribution in [0.1, 0.15) is 13.3 Å². The summed E-state index contributed by atoms with van der Waals surface area (Å²) in [6, 6.07) is 0. The Labute approximate surface area is 67.6 Å². The van der Waals surface area contributed by atoms with Gasteiger partial charge in [0.1, 0.15) is 0 Å². The number of nitrogens with one attached hydrogen (secondary N) is 1. The molecule has 0 aliphatic heterocycles. The van der Waals surface area contributed by atoms with E-state index in [2.05, 4.69) is 13.5 Å². The number of hydrogen-bond acceptors (Lipinski definition) is 2. The molecule has 0 aromatic heterocycles. The van der Waals surface area contributed by atoms with E-state index in [1.54, 1.807) is 11.4 Å². The normalized spacial score (nSPS) is 15.3. The van der Waals surface area contributed by atoms with Crippen LogP contribution in [0.2, 0.25) is 0 Å². The van der Waals surface area contributed by atoms with Crippen LogP contribution in [0.25, 0.3) is 0 Å². The van der Waals surface area contributed by atoms with Crippen molar-refractivity contribution in [1.82, 2.24) is 0 Å². The van der Waals surface area contributed by atoms with Gasteiger partial charge in [0, 0.05) is 12.1 Å². The van der Waals surface area contributed by atoms with Crippen molar-refractivity contribution >= 4 is 23.8 Å². The van der Waals surface area contributed by atoms with Crippen molar-refractivity contribution in [2.24, 2.45) is 11.8 Å². The maximum atomic E-state index is 7.03. The Morgan fingerprint density at radius 2 is 2.30 bits per heavy atom. The Bertz CT molecular complexity index is 123. The van der Waals surface area contributed by atoms with Crippen molar-refractivity contribution in [3.05, 3.63) is 12.7 Å². The molecule has 0 saturated heterocycles. The fraction of sp³-hybridized carbons (Fsp3) is 0.500. The third-order valence-electron chi connectivity index (χ3n) is 1.61. The second-order valence-corrected chi connectivity index (χ2v) is 2.46. The van der Waals surface area contributed by atoms with Crippen molar-refractivity contribution < 1.29 is 0 Å². The summed E-state index contributed by atoms with van der Waals surface area (Å²) >= 11 is 4.81. The maximum Gasteiger partial charge on any atom is 0.0183 e. The Balaban J connectivity index is 4.06. The third kappa shape index (κ3) is 2.40. The summed E-state index contributed by atoms with van der Waals surface area (Å²) in [5.74, 6) is 0.437. The summed E-state index contributed by atoms with van der Waals surface area (Å²) in [5, 5.41) is 8.75. The van der Waals surface area contributed by atoms with E-state index in [4.69, 9.17) is 17.6 Å². The largest absolute Gasteiger partial charge is 0.312 e. The van der Waals surface area contributed by atoms with Crippen molar-refractivity contribution in [3.63, 3.8) is 0 Å². The van der Waals surface area contributed by atoms with Gasteiger partial charge in [0.2, 0.25) is 0 Å². The highest BCUT2D eigenvalue weighted by atomic mass is 32.1. The SMILES string of the molecule is C=CC(C=N)C(C=S)CC. The first-order chi connectivity index (χ1) is 4.79. The van der Waals surface area contributed by atoms with Crippen LogP contribution in [0.4, 0.5) is 0 Å². The summed E-state index contributed by atoms with van der Waals surface area (Å²) < 4.78 is 0. The van der Waals surface area contributed by atoms with Gasteiger partial charge in [0.05, 0.1) is 0 Å². The highest BCUT2D eigenvalue weighted by Crippen LogP contribution is 2.12. The lowest BCUT2D eigenvalue weighted by Gasteiger charge is -2.12. The van der Waals surface area contributed by atoms with Gasteiger partial charge in [-0.3, -0.25) is 0 Å². The van der Waals surface area contributed by atoms with Gasteiger partial charge in [-0.05, 0) is 17.7 Å². The molecular weight excluding hydrogens is 142 g/mol. The number of allylic oxidation sites excluding steroid dienone is 1. The fourth-order valence-corrected chi connectivity index (χ4v) is 1.20. The monoisotopic (exact) mass is 155 g/mol. The van der Waals surface area contributed by atoms with Crippen LogP contribution in [-0.4, -0.2) is 11.6 Å². The Hall–Kier alpha value is -0.500. The van der Waals surface area contributed by atoms with Crippen LogP contribution >= 0.6 is 12.2 Å². The molecule has 0 aliphatic carbocycles. The van der Waals surface area contributed by atoms with E-state index in [1.807, 2.05) is 0 Å². The van der Waals surface area contributed by atoms with E-state index in [-0.39, 0.29) is 5.92 Å². The van der Waals surface area contributed by atoms with Crippen LogP contribution in [0.3, 0.4) is 0 Å². The molecule has 56 valence electrons. The molecule has 0 amide bonds. The van der Waals surface area contributed by atoms with E-state index in [9.17, 15) is 0 Å². The first kappa shape index (κ1) is 9.50. The summed E-state index contributed by atoms with van der Waals surface area (Å²) in [5.41, 5.74) is 0. The van der Waals surface area contributed by atoms with E-state index in [0.717, 1.165) is 6.42 Å². The first-order valence-corrected chi connectivity index (χ1v) is 3.85. The molecule has 0 aliphatic rings. The molecule has 2 unspecified atom stereocenters. The first-order valence-electron chi connectivity index (χ1n) is 3.38. The molecule has 0 radical (unpaired) electrons. The number of rotatable bonds is 5. The molecule has 0 aromatic carbocycles. The minimum Gasteiger partial charge on any atom is -0.312 e. The average molecular weight is 155 g/mol. The number of hydrogen-bond donors (Lipinski definition) is 1. The van der Waals surface area contributed by atoms with Crippen molar-refractivity contribution in [2.45, 2.75) is 13.3 Å². The zero-order valence-electron chi connectivity index (χ0n) is 6.21. The molecule has 10 heavy (non-hydrogen) atoms. The zero-order valence-corrected chi connectivity index (χ0v) is 7.03. The molecular formula is C8H13NS. The van der Waals surface area contributed by atoms with Crippen LogP contribution in [-0.2, 0) is 0 Å². The van der Waals surface area contributed by atoms with Gasteiger partial charge >= 0.3 is 0 Å². The third-order valence-corrected chi connectivity index (χ3v) is 1.95. The maximum absolute atomic E-state index is 7.03. The molecule has 2 heteroatoms. The van der Waals surface area contributed by atoms with E-state index in [0.29, 0.717) is 5.92 Å². The summed E-state index contributed by atoms with van der Waals surface area (Å²) in [6.45, 7) is 5.69. The van der Waals surface area contributed by atoms with Crippen molar-refractivity contribution in [2.75, 3.05) is 0 Å². The molecule has 0 aromatic rings. The molecule has 2 atom stereocenters. The lowest BCUT2D eigenvalue weighted by atomic mass is 9.93. The van der Waals surface area contributed by atoms with Gasteiger partial charge in [0.15, 0.2) is 0 Å². The standard InChI is InChI=1S/C8H13NS/c1-3-7(5-9)8(4-2)6-10/h3,5-9H,1,4H2,2H3. The molecule has 0 rings (SSSR count). The van der Waals surface area contributed by atoms with E-state index < -0.39 is 0 Å². The number of thiocarbonyl (C=S) groups is 1. The van der Waals surface area contributed by atoms with Gasteiger partial charge in [-0.15, -0.1) is 6.58 Å². The summed E-state index contributed by atoms with van der Waals surface area (Å²) in [6.07, 6.45) is 4.14.